The minimum Gasteiger partial charge on any atom is -0.361 e. The van der Waals surface area contributed by atoms with Gasteiger partial charge in [-0.3, -0.25) is 4.79 Å². The summed E-state index contributed by atoms with van der Waals surface area (Å²) in [6, 6.07) is 12.6. The second kappa shape index (κ2) is 8.28. The van der Waals surface area contributed by atoms with Crippen molar-refractivity contribution in [2.24, 2.45) is 0 Å². The Morgan fingerprint density at radius 2 is 2.00 bits per heavy atom. The molecule has 0 spiro atoms. The van der Waals surface area contributed by atoms with E-state index in [1.807, 2.05) is 11.8 Å². The summed E-state index contributed by atoms with van der Waals surface area (Å²) < 4.78 is 0. The first kappa shape index (κ1) is 18.3. The number of thiophene rings is 1. The second-order valence-corrected chi connectivity index (χ2v) is 8.35. The fraction of sp³-hybridized carbons (Fsp3) is 0.409. The van der Waals surface area contributed by atoms with Crippen molar-refractivity contribution in [3.63, 3.8) is 0 Å². The van der Waals surface area contributed by atoms with E-state index in [0.29, 0.717) is 0 Å². The van der Waals surface area contributed by atoms with Crippen LogP contribution in [-0.2, 0) is 4.79 Å². The van der Waals surface area contributed by atoms with Crippen molar-refractivity contribution in [2.45, 2.75) is 38.1 Å². The fourth-order valence-corrected chi connectivity index (χ4v) is 4.85. The summed E-state index contributed by atoms with van der Waals surface area (Å²) >= 11 is 1.78. The Morgan fingerprint density at radius 1 is 1.19 bits per heavy atom. The SMILES string of the molecule is C[C@@H](NC[C@@H](c1cccs1)c1c[nH]c2ccccc12)C(=O)N1CCCCC1. The number of amides is 1. The lowest BCUT2D eigenvalue weighted by Gasteiger charge is -2.30. The number of hydrogen-bond acceptors (Lipinski definition) is 3. The molecule has 4 nitrogen and oxygen atoms in total. The fourth-order valence-electron chi connectivity index (χ4n) is 4.01. The molecular formula is C22H27N3OS. The average Bonchev–Trinajstić information content (AvgIpc) is 3.39. The zero-order chi connectivity index (χ0) is 18.6. The normalized spacial score (nSPS) is 17.1. The number of piperidine rings is 1. The van der Waals surface area contributed by atoms with E-state index in [0.717, 1.165) is 38.0 Å². The van der Waals surface area contributed by atoms with Crippen LogP contribution in [0.3, 0.4) is 0 Å². The van der Waals surface area contributed by atoms with Crippen molar-refractivity contribution >= 4 is 28.1 Å². The van der Waals surface area contributed by atoms with Gasteiger partial charge in [0.1, 0.15) is 0 Å². The monoisotopic (exact) mass is 381 g/mol. The van der Waals surface area contributed by atoms with Crippen LogP contribution in [0, 0.1) is 0 Å². The number of hydrogen-bond donors (Lipinski definition) is 2. The van der Waals surface area contributed by atoms with Gasteiger partial charge in [0.2, 0.25) is 5.91 Å². The molecule has 1 saturated heterocycles. The molecule has 3 aromatic rings. The topological polar surface area (TPSA) is 48.1 Å². The van der Waals surface area contributed by atoms with Crippen LogP contribution in [-0.4, -0.2) is 41.5 Å². The molecule has 0 unspecified atom stereocenters. The van der Waals surface area contributed by atoms with E-state index in [2.05, 4.69) is 58.3 Å². The van der Waals surface area contributed by atoms with Crippen LogP contribution in [0.2, 0.25) is 0 Å². The lowest BCUT2D eigenvalue weighted by Crippen LogP contribution is -2.47. The highest BCUT2D eigenvalue weighted by Gasteiger charge is 2.24. The van der Waals surface area contributed by atoms with Crippen LogP contribution in [0.4, 0.5) is 0 Å². The molecule has 4 rings (SSSR count). The van der Waals surface area contributed by atoms with Crippen LogP contribution in [0.15, 0.2) is 48.0 Å². The van der Waals surface area contributed by atoms with Crippen molar-refractivity contribution in [3.05, 3.63) is 58.4 Å². The highest BCUT2D eigenvalue weighted by Crippen LogP contribution is 2.32. The lowest BCUT2D eigenvalue weighted by atomic mass is 9.96. The predicted molar refractivity (Wildman–Crippen MR) is 112 cm³/mol. The molecule has 0 bridgehead atoms. The van der Waals surface area contributed by atoms with Crippen LogP contribution < -0.4 is 5.32 Å². The maximum atomic E-state index is 12.8. The molecule has 0 aliphatic carbocycles. The van der Waals surface area contributed by atoms with Gasteiger partial charge in [0.15, 0.2) is 0 Å². The van der Waals surface area contributed by atoms with E-state index in [4.69, 9.17) is 0 Å². The minimum atomic E-state index is -0.157. The third kappa shape index (κ3) is 3.94. The Balaban J connectivity index is 1.51. The summed E-state index contributed by atoms with van der Waals surface area (Å²) in [6.07, 6.45) is 5.62. The molecule has 2 atom stereocenters. The smallest absolute Gasteiger partial charge is 0.239 e. The second-order valence-electron chi connectivity index (χ2n) is 7.37. The Morgan fingerprint density at radius 3 is 2.78 bits per heavy atom. The first-order chi connectivity index (χ1) is 13.2. The van der Waals surface area contributed by atoms with Crippen molar-refractivity contribution in [3.8, 4) is 0 Å². The number of nitrogens with one attached hydrogen (secondary N) is 2. The van der Waals surface area contributed by atoms with Gasteiger partial charge in [-0.05, 0) is 49.3 Å². The molecule has 1 fully saturated rings. The highest BCUT2D eigenvalue weighted by atomic mass is 32.1. The molecule has 142 valence electrons. The lowest BCUT2D eigenvalue weighted by molar-refractivity contribution is -0.133. The van der Waals surface area contributed by atoms with E-state index in [1.54, 1.807) is 11.3 Å². The molecule has 0 radical (unpaired) electrons. The molecule has 1 aliphatic heterocycles. The number of nitrogens with zero attached hydrogens (tertiary/aromatic N) is 1. The van der Waals surface area contributed by atoms with Crippen molar-refractivity contribution in [1.82, 2.24) is 15.2 Å². The van der Waals surface area contributed by atoms with Gasteiger partial charge in [-0.15, -0.1) is 11.3 Å². The van der Waals surface area contributed by atoms with Crippen LogP contribution in [0.5, 0.6) is 0 Å². The number of likely N-dealkylation sites (tertiary alicyclic amines) is 1. The van der Waals surface area contributed by atoms with Crippen LogP contribution in [0.25, 0.3) is 10.9 Å². The van der Waals surface area contributed by atoms with Crippen molar-refractivity contribution < 1.29 is 4.79 Å². The zero-order valence-corrected chi connectivity index (χ0v) is 16.6. The summed E-state index contributed by atoms with van der Waals surface area (Å²) in [5, 5.41) is 6.90. The number of aromatic amines is 1. The number of benzene rings is 1. The van der Waals surface area contributed by atoms with E-state index in [1.165, 1.54) is 22.2 Å². The van der Waals surface area contributed by atoms with Crippen molar-refractivity contribution in [2.75, 3.05) is 19.6 Å². The molecule has 1 aromatic carbocycles. The van der Waals surface area contributed by atoms with E-state index >= 15 is 0 Å². The number of para-hydroxylation sites is 1. The van der Waals surface area contributed by atoms with E-state index < -0.39 is 0 Å². The van der Waals surface area contributed by atoms with Gasteiger partial charge in [0.25, 0.3) is 0 Å². The molecule has 2 aromatic heterocycles. The van der Waals surface area contributed by atoms with Crippen molar-refractivity contribution in [1.29, 1.82) is 0 Å². The standard InChI is InChI=1S/C22H27N3OS/c1-16(22(26)25-11-5-2-6-12-25)23-15-19(21-10-7-13-27-21)18-14-24-20-9-4-3-8-17(18)20/h3-4,7-10,13-14,16,19,23-24H,2,5-6,11-12,15H2,1H3/t16-,19-/m1/s1. The first-order valence-corrected chi connectivity index (χ1v) is 10.7. The quantitative estimate of drug-likeness (QED) is 0.667. The molecule has 27 heavy (non-hydrogen) atoms. The van der Waals surface area contributed by atoms with Crippen LogP contribution >= 0.6 is 11.3 Å². The summed E-state index contributed by atoms with van der Waals surface area (Å²) in [7, 11) is 0. The number of carbonyl (C=O) groups excluding carboxylic acids is 1. The summed E-state index contributed by atoms with van der Waals surface area (Å²) in [5.74, 6) is 0.469. The third-order valence-corrected chi connectivity index (χ3v) is 6.54. The van der Waals surface area contributed by atoms with Gasteiger partial charge >= 0.3 is 0 Å². The molecule has 1 amide bonds. The maximum Gasteiger partial charge on any atom is 0.239 e. The predicted octanol–water partition coefficient (Wildman–Crippen LogP) is 4.35. The van der Waals surface area contributed by atoms with Gasteiger partial charge < -0.3 is 15.2 Å². The van der Waals surface area contributed by atoms with Gasteiger partial charge in [0.05, 0.1) is 6.04 Å². The van der Waals surface area contributed by atoms with Gasteiger partial charge in [-0.25, -0.2) is 0 Å². The Hall–Kier alpha value is -2.11. The number of H-pyrrole nitrogens is 1. The Bertz CT molecular complexity index is 880. The zero-order valence-electron chi connectivity index (χ0n) is 15.8. The highest BCUT2D eigenvalue weighted by molar-refractivity contribution is 7.10. The van der Waals surface area contributed by atoms with Crippen LogP contribution in [0.1, 0.15) is 42.5 Å². The number of carbonyl (C=O) groups is 1. The largest absolute Gasteiger partial charge is 0.361 e. The summed E-state index contributed by atoms with van der Waals surface area (Å²) in [4.78, 5) is 19.5. The number of aromatic nitrogens is 1. The molecule has 1 aliphatic rings. The average molecular weight is 382 g/mol. The van der Waals surface area contributed by atoms with E-state index in [-0.39, 0.29) is 17.9 Å². The Kier molecular flexibility index (Phi) is 5.60. The number of fused-ring (bicyclic) bond motifs is 1. The molecular weight excluding hydrogens is 354 g/mol. The summed E-state index contributed by atoms with van der Waals surface area (Å²) in [5.41, 5.74) is 2.45. The molecule has 0 saturated carbocycles. The maximum absolute atomic E-state index is 12.8. The van der Waals surface area contributed by atoms with Gasteiger partial charge in [-0.2, -0.15) is 0 Å². The first-order valence-electron chi connectivity index (χ1n) is 9.85. The van der Waals surface area contributed by atoms with E-state index in [9.17, 15) is 4.79 Å². The van der Waals surface area contributed by atoms with Gasteiger partial charge in [0, 0.05) is 47.5 Å². The molecule has 3 heterocycles. The Labute approximate surface area is 164 Å². The minimum absolute atomic E-state index is 0.157. The molecule has 5 heteroatoms. The third-order valence-electron chi connectivity index (χ3n) is 5.55. The number of rotatable bonds is 6. The van der Waals surface area contributed by atoms with Gasteiger partial charge in [-0.1, -0.05) is 24.3 Å². The molecule has 2 N–H and O–H groups in total. The summed E-state index contributed by atoms with van der Waals surface area (Å²) in [6.45, 7) is 4.56.